The molecule has 1 aromatic rings. The molecule has 6 heteroatoms. The van der Waals surface area contributed by atoms with Gasteiger partial charge >= 0.3 is 12.4 Å². The summed E-state index contributed by atoms with van der Waals surface area (Å²) >= 11 is 0. The summed E-state index contributed by atoms with van der Waals surface area (Å²) in [5.74, 6) is -0.248. The number of carbonyl (C=O) groups excluding carboxylic acids is 1. The maximum Gasteiger partial charge on any atom is 0.433 e. The van der Waals surface area contributed by atoms with Gasteiger partial charge in [0, 0.05) is 0 Å². The second kappa shape index (κ2) is 5.79. The predicted octanol–water partition coefficient (Wildman–Crippen LogP) is 1.59. The first kappa shape index (κ1) is 11.2. The number of hydrogen-bond acceptors (Lipinski definition) is 5. The molecule has 1 aromatic heterocycles. The molecular formula is C9H10NO5. The van der Waals surface area contributed by atoms with Crippen LogP contribution in [-0.2, 0) is 16.0 Å². The van der Waals surface area contributed by atoms with Gasteiger partial charge < -0.3 is 9.15 Å². The second-order valence-corrected chi connectivity index (χ2v) is 2.94. The van der Waals surface area contributed by atoms with Crippen molar-refractivity contribution in [3.05, 3.63) is 28.0 Å². The van der Waals surface area contributed by atoms with E-state index in [2.05, 4.69) is 4.74 Å². The Hall–Kier alpha value is -1.85. The molecule has 0 N–H and O–H groups in total. The van der Waals surface area contributed by atoms with Crippen molar-refractivity contribution in [3.63, 3.8) is 0 Å². The van der Waals surface area contributed by atoms with Crippen molar-refractivity contribution in [2.75, 3.05) is 6.61 Å². The Balaban J connectivity index is 2.25. The molecule has 81 valence electrons. The molecule has 0 spiro atoms. The summed E-state index contributed by atoms with van der Waals surface area (Å²) in [4.78, 5) is 19.4. The fourth-order valence-electron chi connectivity index (χ4n) is 1.13. The average Bonchev–Trinajstić information content (AvgIpc) is 2.66. The monoisotopic (exact) mass is 212 g/mol. The molecule has 0 aliphatic heterocycles. The van der Waals surface area contributed by atoms with Crippen LogP contribution in [0.3, 0.4) is 0 Å². The van der Waals surface area contributed by atoms with Gasteiger partial charge in [-0.05, 0) is 24.8 Å². The topological polar surface area (TPSA) is 82.6 Å². The molecule has 0 atom stereocenters. The van der Waals surface area contributed by atoms with E-state index in [4.69, 9.17) is 4.42 Å². The van der Waals surface area contributed by atoms with Crippen LogP contribution in [0.1, 0.15) is 18.4 Å². The normalized spacial score (nSPS) is 9.87. The van der Waals surface area contributed by atoms with E-state index in [1.54, 1.807) is 0 Å². The zero-order valence-electron chi connectivity index (χ0n) is 7.97. The quantitative estimate of drug-likeness (QED) is 0.389. The number of nitrogens with zero attached hydrogens (tertiary/aromatic N) is 1. The van der Waals surface area contributed by atoms with Crippen LogP contribution in [0.4, 0.5) is 5.88 Å². The van der Waals surface area contributed by atoms with Crippen LogP contribution >= 0.6 is 0 Å². The van der Waals surface area contributed by atoms with E-state index in [0.29, 0.717) is 19.4 Å². The Morgan fingerprint density at radius 1 is 1.53 bits per heavy atom. The maximum absolute atomic E-state index is 10.3. The van der Waals surface area contributed by atoms with E-state index in [1.807, 2.05) is 0 Å². The number of aryl methyl sites for hydroxylation is 1. The summed E-state index contributed by atoms with van der Waals surface area (Å²) in [6.45, 7) is 1.65. The van der Waals surface area contributed by atoms with Gasteiger partial charge in [0.05, 0.1) is 12.7 Å². The van der Waals surface area contributed by atoms with E-state index in [1.165, 1.54) is 18.8 Å². The third kappa shape index (κ3) is 3.80. The number of ether oxygens (including phenoxy) is 1. The molecule has 0 saturated heterocycles. The Morgan fingerprint density at radius 2 is 2.33 bits per heavy atom. The minimum Gasteiger partial charge on any atom is -0.457 e. The third-order valence-electron chi connectivity index (χ3n) is 1.84. The molecule has 1 radical (unpaired) electrons. The number of unbranched alkanes of at least 4 members (excludes halogenated alkanes) is 1. The number of furan rings is 1. The van der Waals surface area contributed by atoms with Gasteiger partial charge in [-0.2, -0.15) is 0 Å². The summed E-state index contributed by atoms with van der Waals surface area (Å²) in [5.41, 5.74) is 0.775. The SMILES string of the molecule is O=[C]OCCCCc1coc([N+](=O)[O-])c1. The van der Waals surface area contributed by atoms with E-state index >= 15 is 0 Å². The number of hydrogen-bond donors (Lipinski definition) is 0. The van der Waals surface area contributed by atoms with Gasteiger partial charge in [0.25, 0.3) is 0 Å². The molecule has 1 rings (SSSR count). The van der Waals surface area contributed by atoms with E-state index in [0.717, 1.165) is 12.0 Å². The first-order valence-electron chi connectivity index (χ1n) is 4.45. The highest BCUT2D eigenvalue weighted by molar-refractivity contribution is 5.38. The fourth-order valence-corrected chi connectivity index (χ4v) is 1.13. The van der Waals surface area contributed by atoms with Crippen molar-refractivity contribution < 1.29 is 18.9 Å². The summed E-state index contributed by atoms with van der Waals surface area (Å²) in [6, 6.07) is 1.40. The summed E-state index contributed by atoms with van der Waals surface area (Å²) in [6.07, 6.45) is 3.51. The highest BCUT2D eigenvalue weighted by atomic mass is 16.6. The van der Waals surface area contributed by atoms with Gasteiger partial charge in [-0.1, -0.05) is 0 Å². The second-order valence-electron chi connectivity index (χ2n) is 2.94. The van der Waals surface area contributed by atoms with E-state index in [-0.39, 0.29) is 5.88 Å². The average molecular weight is 212 g/mol. The van der Waals surface area contributed by atoms with Crippen LogP contribution in [0.5, 0.6) is 0 Å². The molecule has 0 fully saturated rings. The molecule has 1 heterocycles. The Labute approximate surface area is 86.0 Å². The lowest BCUT2D eigenvalue weighted by atomic mass is 10.1. The summed E-state index contributed by atoms with van der Waals surface area (Å²) in [5, 5.41) is 10.3. The van der Waals surface area contributed by atoms with Crippen LogP contribution < -0.4 is 0 Å². The van der Waals surface area contributed by atoms with Crippen LogP contribution in [-0.4, -0.2) is 18.0 Å². The van der Waals surface area contributed by atoms with Crippen LogP contribution in [0.15, 0.2) is 16.7 Å². The van der Waals surface area contributed by atoms with Crippen molar-refractivity contribution in [2.24, 2.45) is 0 Å². The Morgan fingerprint density at radius 3 is 2.93 bits per heavy atom. The predicted molar refractivity (Wildman–Crippen MR) is 49.9 cm³/mol. The molecule has 0 saturated carbocycles. The van der Waals surface area contributed by atoms with Crippen molar-refractivity contribution in [2.45, 2.75) is 19.3 Å². The maximum atomic E-state index is 10.3. The first-order valence-corrected chi connectivity index (χ1v) is 4.45. The molecular weight excluding hydrogens is 202 g/mol. The molecule has 0 aliphatic carbocycles. The highest BCUT2D eigenvalue weighted by Gasteiger charge is 2.11. The molecule has 15 heavy (non-hydrogen) atoms. The number of rotatable bonds is 7. The standard InChI is InChI=1S/C9H10NO5/c11-7-14-4-2-1-3-8-5-9(10(12)13)15-6-8/h5-6H,1-4H2. The van der Waals surface area contributed by atoms with Crippen LogP contribution in [0, 0.1) is 10.1 Å². The van der Waals surface area contributed by atoms with Crippen molar-refractivity contribution in [1.82, 2.24) is 0 Å². The molecule has 0 aromatic carbocycles. The fraction of sp³-hybridized carbons (Fsp3) is 0.444. The summed E-state index contributed by atoms with van der Waals surface area (Å²) in [7, 11) is 0. The van der Waals surface area contributed by atoms with Crippen LogP contribution in [0.25, 0.3) is 0 Å². The van der Waals surface area contributed by atoms with E-state index < -0.39 is 4.92 Å². The lowest BCUT2D eigenvalue weighted by molar-refractivity contribution is -0.402. The van der Waals surface area contributed by atoms with Gasteiger partial charge in [-0.25, -0.2) is 4.79 Å². The molecule has 0 amide bonds. The van der Waals surface area contributed by atoms with Gasteiger partial charge in [0.15, 0.2) is 0 Å². The van der Waals surface area contributed by atoms with Crippen molar-refractivity contribution in [1.29, 1.82) is 0 Å². The zero-order chi connectivity index (χ0) is 11.1. The van der Waals surface area contributed by atoms with Gasteiger partial charge in [0.1, 0.15) is 11.2 Å². The highest BCUT2D eigenvalue weighted by Crippen LogP contribution is 2.17. The smallest absolute Gasteiger partial charge is 0.433 e. The Kier molecular flexibility index (Phi) is 4.33. The Bertz CT molecular complexity index is 333. The first-order chi connectivity index (χ1) is 7.24. The van der Waals surface area contributed by atoms with Gasteiger partial charge in [-0.3, -0.25) is 10.1 Å². The summed E-state index contributed by atoms with van der Waals surface area (Å²) < 4.78 is 9.09. The third-order valence-corrected chi connectivity index (χ3v) is 1.84. The molecule has 0 unspecified atom stereocenters. The van der Waals surface area contributed by atoms with Crippen molar-refractivity contribution >= 4 is 12.4 Å². The lowest BCUT2D eigenvalue weighted by Crippen LogP contribution is -1.92. The molecule has 6 nitrogen and oxygen atoms in total. The van der Waals surface area contributed by atoms with E-state index in [9.17, 15) is 14.9 Å². The van der Waals surface area contributed by atoms with Crippen LogP contribution in [0.2, 0.25) is 0 Å². The van der Waals surface area contributed by atoms with Gasteiger partial charge in [0.2, 0.25) is 0 Å². The van der Waals surface area contributed by atoms with Crippen molar-refractivity contribution in [3.8, 4) is 0 Å². The molecule has 0 aliphatic rings. The largest absolute Gasteiger partial charge is 0.457 e. The number of nitro groups is 1. The zero-order valence-corrected chi connectivity index (χ0v) is 7.97. The molecule has 0 bridgehead atoms. The minimum absolute atomic E-state index is 0.248. The minimum atomic E-state index is -0.575. The lowest BCUT2D eigenvalue weighted by Gasteiger charge is -1.96. The van der Waals surface area contributed by atoms with Gasteiger partial charge in [-0.15, -0.1) is 0 Å².